The zero-order chi connectivity index (χ0) is 23.7. The lowest BCUT2D eigenvalue weighted by Crippen LogP contribution is -2.56. The van der Waals surface area contributed by atoms with Gasteiger partial charge in [0.15, 0.2) is 12.5 Å². The molecule has 3 fully saturated rings. The van der Waals surface area contributed by atoms with Gasteiger partial charge in [-0.05, 0) is 45.6 Å². The molecule has 4 heterocycles. The van der Waals surface area contributed by atoms with Crippen LogP contribution in [0.15, 0.2) is 34.7 Å². The largest absolute Gasteiger partial charge is 0.444 e. The Hall–Kier alpha value is -2.53. The molecule has 0 aliphatic carbocycles. The van der Waals surface area contributed by atoms with Crippen molar-refractivity contribution in [3.63, 3.8) is 0 Å². The molecule has 1 N–H and O–H groups in total. The van der Waals surface area contributed by atoms with Crippen LogP contribution in [0.4, 0.5) is 4.79 Å². The zero-order valence-electron chi connectivity index (χ0n) is 20.0. The number of nitrogens with one attached hydrogen (secondary N) is 1. The number of amides is 1. The molecule has 3 aliphatic rings. The fraction of sp³-hybridized carbons (Fsp3) is 0.625. The van der Waals surface area contributed by atoms with Crippen LogP contribution in [-0.2, 0) is 27.3 Å². The number of piperazine rings is 1. The van der Waals surface area contributed by atoms with Gasteiger partial charge in [0.1, 0.15) is 5.60 Å². The standard InChI is InChI=1S/C24H33N5O5/c1-24(2,3)34-23(30)25-13-7-10-19-26-27-20(32-19)18-12-11-17-14-28(18)21-22(33-21)29(17)31-15-16-8-5-4-6-9-16/h4-6,8-9,17-18,21-22H,7,10-15H2,1-3H3,(H,25,30)/t17-,18+,21?,22?/m1/s1. The molecular weight excluding hydrogens is 438 g/mol. The molecule has 0 spiro atoms. The fourth-order valence-corrected chi connectivity index (χ4v) is 4.61. The van der Waals surface area contributed by atoms with Crippen molar-refractivity contribution in [2.24, 2.45) is 0 Å². The number of aryl methyl sites for hydroxylation is 1. The van der Waals surface area contributed by atoms with Crippen LogP contribution in [0.5, 0.6) is 0 Å². The summed E-state index contributed by atoms with van der Waals surface area (Å²) in [4.78, 5) is 20.2. The molecule has 5 rings (SSSR count). The first-order valence-electron chi connectivity index (χ1n) is 12.0. The molecule has 1 amide bonds. The summed E-state index contributed by atoms with van der Waals surface area (Å²) in [5.74, 6) is 1.22. The van der Waals surface area contributed by atoms with Gasteiger partial charge in [0.2, 0.25) is 11.8 Å². The molecule has 184 valence electrons. The second-order valence-electron chi connectivity index (χ2n) is 10.0. The number of epoxide rings is 1. The second kappa shape index (κ2) is 9.61. The van der Waals surface area contributed by atoms with Crippen LogP contribution in [0, 0.1) is 0 Å². The quantitative estimate of drug-likeness (QED) is 0.459. The van der Waals surface area contributed by atoms with E-state index < -0.39 is 11.7 Å². The average molecular weight is 472 g/mol. The number of rotatable bonds is 8. The van der Waals surface area contributed by atoms with E-state index in [0.29, 0.717) is 37.8 Å². The molecule has 2 aromatic rings. The van der Waals surface area contributed by atoms with E-state index in [0.717, 1.165) is 24.9 Å². The number of carbonyl (C=O) groups is 1. The van der Waals surface area contributed by atoms with Gasteiger partial charge in [-0.25, -0.2) is 4.79 Å². The predicted octanol–water partition coefficient (Wildman–Crippen LogP) is 3.16. The highest BCUT2D eigenvalue weighted by Gasteiger charge is 2.59. The highest BCUT2D eigenvalue weighted by molar-refractivity contribution is 5.67. The summed E-state index contributed by atoms with van der Waals surface area (Å²) in [6, 6.07) is 10.5. The molecule has 3 saturated heterocycles. The average Bonchev–Trinajstić information content (AvgIpc) is 3.46. The Labute approximate surface area is 199 Å². The molecule has 10 heteroatoms. The minimum Gasteiger partial charge on any atom is -0.444 e. The summed E-state index contributed by atoms with van der Waals surface area (Å²) in [7, 11) is 0. The minimum absolute atomic E-state index is 0.00861. The molecule has 1 aromatic carbocycles. The van der Waals surface area contributed by atoms with Crippen LogP contribution in [0.2, 0.25) is 0 Å². The molecule has 5 atom stereocenters. The van der Waals surface area contributed by atoms with Crippen LogP contribution in [-0.4, -0.2) is 63.4 Å². The van der Waals surface area contributed by atoms with E-state index >= 15 is 0 Å². The molecule has 0 saturated carbocycles. The number of carbonyl (C=O) groups excluding carboxylic acids is 1. The number of aromatic nitrogens is 2. The van der Waals surface area contributed by atoms with E-state index in [4.69, 9.17) is 18.7 Å². The van der Waals surface area contributed by atoms with Crippen molar-refractivity contribution in [2.45, 2.75) is 83.2 Å². The first-order valence-corrected chi connectivity index (χ1v) is 12.0. The third-order valence-electron chi connectivity index (χ3n) is 6.21. The normalized spacial score (nSPS) is 28.3. The summed E-state index contributed by atoms with van der Waals surface area (Å²) in [5.41, 5.74) is 0.643. The molecule has 3 aliphatic heterocycles. The van der Waals surface area contributed by atoms with E-state index in [1.807, 2.05) is 44.0 Å². The first-order chi connectivity index (χ1) is 16.4. The molecule has 1 aromatic heterocycles. The van der Waals surface area contributed by atoms with Gasteiger partial charge in [-0.1, -0.05) is 30.3 Å². The van der Waals surface area contributed by atoms with E-state index in [9.17, 15) is 4.79 Å². The smallest absolute Gasteiger partial charge is 0.407 e. The number of benzene rings is 1. The van der Waals surface area contributed by atoms with E-state index in [1.165, 1.54) is 0 Å². The van der Waals surface area contributed by atoms with Crippen LogP contribution in [0.1, 0.15) is 63.4 Å². The van der Waals surface area contributed by atoms with Gasteiger partial charge in [0.05, 0.1) is 18.7 Å². The third kappa shape index (κ3) is 5.41. The maximum absolute atomic E-state index is 11.7. The van der Waals surface area contributed by atoms with Crippen molar-refractivity contribution in [3.8, 4) is 0 Å². The maximum Gasteiger partial charge on any atom is 0.407 e. The summed E-state index contributed by atoms with van der Waals surface area (Å²) < 4.78 is 17.2. The number of hydrogen-bond acceptors (Lipinski definition) is 9. The van der Waals surface area contributed by atoms with Crippen molar-refractivity contribution < 1.29 is 23.5 Å². The van der Waals surface area contributed by atoms with Gasteiger partial charge < -0.3 is 19.2 Å². The summed E-state index contributed by atoms with van der Waals surface area (Å²) in [5, 5.41) is 13.3. The van der Waals surface area contributed by atoms with Gasteiger partial charge in [0.25, 0.3) is 0 Å². The summed E-state index contributed by atoms with van der Waals surface area (Å²) in [6.07, 6.45) is 2.70. The number of hydroxylamine groups is 2. The van der Waals surface area contributed by atoms with E-state index in [1.54, 1.807) is 0 Å². The van der Waals surface area contributed by atoms with Crippen molar-refractivity contribution >= 4 is 6.09 Å². The van der Waals surface area contributed by atoms with Crippen molar-refractivity contribution in [2.75, 3.05) is 13.1 Å². The fourth-order valence-electron chi connectivity index (χ4n) is 4.61. The Kier molecular flexibility index (Phi) is 6.57. The predicted molar refractivity (Wildman–Crippen MR) is 121 cm³/mol. The Bertz CT molecular complexity index is 978. The van der Waals surface area contributed by atoms with Crippen LogP contribution < -0.4 is 5.32 Å². The van der Waals surface area contributed by atoms with E-state index in [-0.39, 0.29) is 24.5 Å². The molecule has 10 nitrogen and oxygen atoms in total. The SMILES string of the molecule is CC(C)(C)OC(=O)NCCCc1nnc([C@@H]2CC[C@@H]3CN2C2OC2N3OCc2ccccc2)o1. The van der Waals surface area contributed by atoms with Crippen LogP contribution >= 0.6 is 0 Å². The van der Waals surface area contributed by atoms with Gasteiger partial charge in [-0.3, -0.25) is 9.74 Å². The zero-order valence-corrected chi connectivity index (χ0v) is 20.0. The molecule has 0 radical (unpaired) electrons. The Morgan fingerprint density at radius 1 is 1.18 bits per heavy atom. The van der Waals surface area contributed by atoms with Crippen molar-refractivity contribution in [1.29, 1.82) is 0 Å². The van der Waals surface area contributed by atoms with Gasteiger partial charge in [-0.15, -0.1) is 10.2 Å². The van der Waals surface area contributed by atoms with Crippen LogP contribution in [0.25, 0.3) is 0 Å². The van der Waals surface area contributed by atoms with Crippen molar-refractivity contribution in [3.05, 3.63) is 47.7 Å². The number of nitrogens with zero attached hydrogens (tertiary/aromatic N) is 4. The molecule has 34 heavy (non-hydrogen) atoms. The van der Waals surface area contributed by atoms with E-state index in [2.05, 4.69) is 32.5 Å². The monoisotopic (exact) mass is 471 g/mol. The third-order valence-corrected chi connectivity index (χ3v) is 6.21. The highest BCUT2D eigenvalue weighted by atomic mass is 16.8. The van der Waals surface area contributed by atoms with Gasteiger partial charge in [0, 0.05) is 19.5 Å². The van der Waals surface area contributed by atoms with Gasteiger partial charge >= 0.3 is 6.09 Å². The minimum atomic E-state index is -0.506. The lowest BCUT2D eigenvalue weighted by atomic mass is 9.95. The Morgan fingerprint density at radius 2 is 2.00 bits per heavy atom. The number of alkyl carbamates (subject to hydrolysis) is 1. The lowest BCUT2D eigenvalue weighted by Gasteiger charge is -2.44. The number of ether oxygens (including phenoxy) is 2. The highest BCUT2D eigenvalue weighted by Crippen LogP contribution is 2.46. The molecule has 3 unspecified atom stereocenters. The summed E-state index contributed by atoms with van der Waals surface area (Å²) in [6.45, 7) is 7.40. The van der Waals surface area contributed by atoms with Crippen molar-refractivity contribution in [1.82, 2.24) is 25.5 Å². The Morgan fingerprint density at radius 3 is 2.79 bits per heavy atom. The topological polar surface area (TPSA) is 105 Å². The number of hydrogen-bond donors (Lipinski definition) is 1. The first kappa shape index (κ1) is 23.2. The number of piperidine rings is 1. The lowest BCUT2D eigenvalue weighted by molar-refractivity contribution is -0.240. The molecular formula is C24H33N5O5. The second-order valence-corrected chi connectivity index (χ2v) is 10.0. The van der Waals surface area contributed by atoms with Crippen LogP contribution in [0.3, 0.4) is 0 Å². The maximum atomic E-state index is 11.7. The van der Waals surface area contributed by atoms with Gasteiger partial charge in [-0.2, -0.15) is 5.06 Å². The number of fused-ring (bicyclic) bond motifs is 4. The Balaban J connectivity index is 1.10. The molecule has 2 bridgehead atoms. The summed E-state index contributed by atoms with van der Waals surface area (Å²) >= 11 is 0.